The highest BCUT2D eigenvalue weighted by Gasteiger charge is 2.46. The van der Waals surface area contributed by atoms with Crippen LogP contribution in [0.25, 0.3) is 0 Å². The number of carboxylic acids is 1. The minimum Gasteiger partial charge on any atom is -0.497 e. The van der Waals surface area contributed by atoms with Gasteiger partial charge in [-0.25, -0.2) is 4.79 Å². The van der Waals surface area contributed by atoms with Crippen LogP contribution in [-0.2, 0) is 21.6 Å². The van der Waals surface area contributed by atoms with E-state index in [0.717, 1.165) is 11.3 Å². The second kappa shape index (κ2) is 9.37. The summed E-state index contributed by atoms with van der Waals surface area (Å²) in [4.78, 5) is 11.9. The van der Waals surface area contributed by atoms with Gasteiger partial charge in [0.05, 0.1) is 13.7 Å². The van der Waals surface area contributed by atoms with Crippen molar-refractivity contribution in [2.45, 2.75) is 18.1 Å². The van der Waals surface area contributed by atoms with Gasteiger partial charge in [-0.2, -0.15) is 0 Å². The van der Waals surface area contributed by atoms with E-state index in [1.54, 1.807) is 55.6 Å². The van der Waals surface area contributed by atoms with Gasteiger partial charge in [0.1, 0.15) is 5.75 Å². The van der Waals surface area contributed by atoms with E-state index in [0.29, 0.717) is 17.5 Å². The van der Waals surface area contributed by atoms with Gasteiger partial charge in [-0.1, -0.05) is 72.8 Å². The predicted octanol–water partition coefficient (Wildman–Crippen LogP) is 3.64. The van der Waals surface area contributed by atoms with E-state index in [1.165, 1.54) is 0 Å². The first-order valence-corrected chi connectivity index (χ1v) is 9.36. The van der Waals surface area contributed by atoms with E-state index >= 15 is 0 Å². The maximum atomic E-state index is 11.9. The highest BCUT2D eigenvalue weighted by molar-refractivity contribution is 5.75. The molecular formula is C24H24O5. The highest BCUT2D eigenvalue weighted by Crippen LogP contribution is 2.37. The fraction of sp³-hybridized carbons (Fsp3) is 0.208. The number of benzene rings is 3. The third-order valence-electron chi connectivity index (χ3n) is 4.90. The third-order valence-corrected chi connectivity index (χ3v) is 4.90. The number of hydrogen-bond donors (Lipinski definition) is 2. The van der Waals surface area contributed by atoms with Crippen molar-refractivity contribution in [2.75, 3.05) is 13.7 Å². The highest BCUT2D eigenvalue weighted by atomic mass is 16.5. The van der Waals surface area contributed by atoms with Crippen LogP contribution in [0.1, 0.15) is 16.7 Å². The monoisotopic (exact) mass is 392 g/mol. The maximum absolute atomic E-state index is 11.9. The molecule has 1 atom stereocenters. The number of aliphatic hydroxyl groups excluding tert-OH is 1. The van der Waals surface area contributed by atoms with Gasteiger partial charge < -0.3 is 19.7 Å². The Hall–Kier alpha value is -3.15. The molecule has 0 fully saturated rings. The molecule has 29 heavy (non-hydrogen) atoms. The Morgan fingerprint density at radius 1 is 0.897 bits per heavy atom. The summed E-state index contributed by atoms with van der Waals surface area (Å²) >= 11 is 0. The van der Waals surface area contributed by atoms with Crippen LogP contribution in [0.5, 0.6) is 5.75 Å². The molecule has 0 aromatic heterocycles. The summed E-state index contributed by atoms with van der Waals surface area (Å²) < 4.78 is 11.4. The van der Waals surface area contributed by atoms with E-state index < -0.39 is 17.7 Å². The quantitative estimate of drug-likeness (QED) is 0.581. The Morgan fingerprint density at radius 2 is 1.41 bits per heavy atom. The minimum absolute atomic E-state index is 0.223. The molecule has 0 saturated carbocycles. The molecule has 1 unspecified atom stereocenters. The molecule has 5 nitrogen and oxygen atoms in total. The number of aliphatic hydroxyl groups is 1. The average molecular weight is 392 g/mol. The minimum atomic E-state index is -1.77. The number of carbonyl (C=O) groups is 1. The summed E-state index contributed by atoms with van der Waals surface area (Å²) in [5.41, 5.74) is 0.651. The number of hydrogen-bond acceptors (Lipinski definition) is 4. The lowest BCUT2D eigenvalue weighted by Gasteiger charge is -2.37. The van der Waals surface area contributed by atoms with Gasteiger partial charge in [0, 0.05) is 0 Å². The van der Waals surface area contributed by atoms with Gasteiger partial charge in [-0.05, 0) is 35.2 Å². The zero-order valence-corrected chi connectivity index (χ0v) is 16.2. The zero-order valence-electron chi connectivity index (χ0n) is 16.2. The molecule has 0 aliphatic carbocycles. The lowest BCUT2D eigenvalue weighted by atomic mass is 9.81. The van der Waals surface area contributed by atoms with Crippen LogP contribution in [0.2, 0.25) is 0 Å². The first-order valence-electron chi connectivity index (χ1n) is 9.36. The van der Waals surface area contributed by atoms with Crippen molar-refractivity contribution in [2.24, 2.45) is 0 Å². The molecular weight excluding hydrogens is 368 g/mol. The van der Waals surface area contributed by atoms with Gasteiger partial charge in [0.15, 0.2) is 11.7 Å². The summed E-state index contributed by atoms with van der Waals surface area (Å²) in [7, 11) is 1.61. The summed E-state index contributed by atoms with van der Waals surface area (Å²) in [6.45, 7) is 0.223. The number of methoxy groups -OCH3 is 1. The Bertz CT molecular complexity index is 868. The number of aliphatic carboxylic acids is 1. The first kappa shape index (κ1) is 20.6. The molecule has 0 aliphatic rings. The van der Waals surface area contributed by atoms with Crippen LogP contribution in [0, 0.1) is 0 Å². The Kier molecular flexibility index (Phi) is 6.65. The first-order chi connectivity index (χ1) is 14.1. The fourth-order valence-electron chi connectivity index (χ4n) is 3.40. The number of carboxylic acid groups (broad SMARTS) is 1. The maximum Gasteiger partial charge on any atom is 0.336 e. The summed E-state index contributed by atoms with van der Waals surface area (Å²) in [6, 6.07) is 25.6. The van der Waals surface area contributed by atoms with Crippen molar-refractivity contribution in [3.05, 3.63) is 102 Å². The molecule has 3 rings (SSSR count). The molecule has 3 aromatic carbocycles. The van der Waals surface area contributed by atoms with E-state index in [-0.39, 0.29) is 6.61 Å². The summed E-state index contributed by atoms with van der Waals surface area (Å²) in [6.07, 6.45) is -1.22. The topological polar surface area (TPSA) is 76.0 Å². The Morgan fingerprint density at radius 3 is 1.86 bits per heavy atom. The van der Waals surface area contributed by atoms with Crippen molar-refractivity contribution in [3.8, 4) is 5.75 Å². The lowest BCUT2D eigenvalue weighted by molar-refractivity contribution is -0.167. The van der Waals surface area contributed by atoms with Gasteiger partial charge in [0.2, 0.25) is 0 Å². The summed E-state index contributed by atoms with van der Waals surface area (Å²) in [5, 5.41) is 20.4. The largest absolute Gasteiger partial charge is 0.497 e. The predicted molar refractivity (Wildman–Crippen MR) is 110 cm³/mol. The van der Waals surface area contributed by atoms with Crippen LogP contribution in [0.15, 0.2) is 84.9 Å². The second-order valence-corrected chi connectivity index (χ2v) is 6.66. The molecule has 0 aliphatic heterocycles. The number of rotatable bonds is 9. The molecule has 2 N–H and O–H groups in total. The van der Waals surface area contributed by atoms with Crippen LogP contribution >= 0.6 is 0 Å². The molecule has 0 radical (unpaired) electrons. The van der Waals surface area contributed by atoms with Gasteiger partial charge in [-0.15, -0.1) is 0 Å². The van der Waals surface area contributed by atoms with E-state index in [2.05, 4.69) is 0 Å². The molecule has 5 heteroatoms. The lowest BCUT2D eigenvalue weighted by Crippen LogP contribution is -2.48. The molecule has 0 heterocycles. The van der Waals surface area contributed by atoms with E-state index in [4.69, 9.17) is 9.47 Å². The molecule has 150 valence electrons. The standard InChI is InChI=1S/C24H24O5/c1-28-21-14-12-18(13-15-21)16-17-29-24(22(25)23(26)27,19-8-4-2-5-9-19)20-10-6-3-7-11-20/h2-15,22,25H,16-17H2,1H3,(H,26,27). The molecule has 0 spiro atoms. The molecule has 0 saturated heterocycles. The van der Waals surface area contributed by atoms with Gasteiger partial charge in [0.25, 0.3) is 0 Å². The van der Waals surface area contributed by atoms with Crippen molar-refractivity contribution in [1.29, 1.82) is 0 Å². The Labute approximate surface area is 170 Å². The summed E-state index contributed by atoms with van der Waals surface area (Å²) in [5.74, 6) is -0.582. The van der Waals surface area contributed by atoms with Gasteiger partial charge in [-0.3, -0.25) is 0 Å². The normalized spacial score (nSPS) is 12.3. The van der Waals surface area contributed by atoms with Gasteiger partial charge >= 0.3 is 5.97 Å². The van der Waals surface area contributed by atoms with Crippen molar-refractivity contribution in [1.82, 2.24) is 0 Å². The zero-order chi connectivity index (χ0) is 20.7. The Balaban J connectivity index is 1.96. The third kappa shape index (κ3) is 4.47. The van der Waals surface area contributed by atoms with Crippen molar-refractivity contribution < 1.29 is 24.5 Å². The van der Waals surface area contributed by atoms with Crippen LogP contribution in [0.3, 0.4) is 0 Å². The number of ether oxygens (including phenoxy) is 2. The van der Waals surface area contributed by atoms with Crippen molar-refractivity contribution in [3.63, 3.8) is 0 Å². The second-order valence-electron chi connectivity index (χ2n) is 6.66. The molecule has 3 aromatic rings. The smallest absolute Gasteiger partial charge is 0.336 e. The fourth-order valence-corrected chi connectivity index (χ4v) is 3.40. The van der Waals surface area contributed by atoms with Crippen LogP contribution < -0.4 is 4.74 Å². The van der Waals surface area contributed by atoms with Crippen molar-refractivity contribution >= 4 is 5.97 Å². The molecule has 0 bridgehead atoms. The average Bonchev–Trinajstić information content (AvgIpc) is 2.78. The van der Waals surface area contributed by atoms with E-state index in [9.17, 15) is 15.0 Å². The van der Waals surface area contributed by atoms with Crippen LogP contribution in [0.4, 0.5) is 0 Å². The van der Waals surface area contributed by atoms with E-state index in [1.807, 2.05) is 36.4 Å². The SMILES string of the molecule is COc1ccc(CCOC(c2ccccc2)(c2ccccc2)C(O)C(=O)O)cc1. The van der Waals surface area contributed by atoms with Crippen LogP contribution in [-0.4, -0.2) is 36.0 Å². The molecule has 0 amide bonds.